The molecule has 1 rings (SSSR count). The molecule has 1 atom stereocenters. The number of hydrogen-bond acceptors (Lipinski definition) is 3. The summed E-state index contributed by atoms with van der Waals surface area (Å²) in [7, 11) is 0. The molecule has 0 aromatic heterocycles. The molecule has 0 spiro atoms. The van der Waals surface area contributed by atoms with Gasteiger partial charge in [-0.2, -0.15) is 0 Å². The fourth-order valence-corrected chi connectivity index (χ4v) is 1.95. The quantitative estimate of drug-likeness (QED) is 0.701. The minimum atomic E-state index is -0.911. The molecule has 5 N–H and O–H groups in total. The van der Waals surface area contributed by atoms with Crippen LogP contribution in [0.4, 0.5) is 5.69 Å². The van der Waals surface area contributed by atoms with E-state index in [9.17, 15) is 9.59 Å². The van der Waals surface area contributed by atoms with Crippen molar-refractivity contribution in [3.8, 4) is 0 Å². The van der Waals surface area contributed by atoms with Crippen LogP contribution in [0.3, 0.4) is 0 Å². The maximum Gasteiger partial charge on any atom is 0.241 e. The van der Waals surface area contributed by atoms with E-state index >= 15 is 0 Å². The van der Waals surface area contributed by atoms with E-state index in [1.165, 1.54) is 0 Å². The van der Waals surface area contributed by atoms with Crippen molar-refractivity contribution in [3.63, 3.8) is 0 Å². The van der Waals surface area contributed by atoms with E-state index in [0.717, 1.165) is 9.13 Å². The summed E-state index contributed by atoms with van der Waals surface area (Å²) >= 11 is 2.19. The van der Waals surface area contributed by atoms with Crippen molar-refractivity contribution in [2.24, 2.45) is 11.5 Å². The van der Waals surface area contributed by atoms with Crippen LogP contribution in [0, 0.1) is 10.5 Å². The lowest BCUT2D eigenvalue weighted by atomic mass is 10.1. The van der Waals surface area contributed by atoms with Crippen LogP contribution in [0.2, 0.25) is 0 Å². The predicted molar refractivity (Wildman–Crippen MR) is 74.3 cm³/mol. The van der Waals surface area contributed by atoms with E-state index in [1.807, 2.05) is 19.1 Å². The third kappa shape index (κ3) is 4.31. The number of anilines is 1. The van der Waals surface area contributed by atoms with Crippen LogP contribution in [0.5, 0.6) is 0 Å². The fourth-order valence-electron chi connectivity index (χ4n) is 1.30. The van der Waals surface area contributed by atoms with Crippen LogP contribution in [-0.2, 0) is 9.59 Å². The number of carbonyl (C=O) groups excluding carboxylic acids is 2. The molecule has 0 saturated heterocycles. The summed E-state index contributed by atoms with van der Waals surface area (Å²) in [6.07, 6.45) is -0.157. The zero-order chi connectivity index (χ0) is 13.0. The molecule has 0 fully saturated rings. The number of nitrogens with two attached hydrogens (primary N) is 2. The Kier molecular flexibility index (Phi) is 4.88. The summed E-state index contributed by atoms with van der Waals surface area (Å²) < 4.78 is 1.08. The maximum absolute atomic E-state index is 11.6. The normalized spacial score (nSPS) is 11.9. The van der Waals surface area contributed by atoms with Crippen molar-refractivity contribution < 1.29 is 9.59 Å². The number of primary amides is 1. The van der Waals surface area contributed by atoms with Gasteiger partial charge in [0, 0.05) is 9.26 Å². The summed E-state index contributed by atoms with van der Waals surface area (Å²) in [6.45, 7) is 1.89. The minimum Gasteiger partial charge on any atom is -0.370 e. The highest BCUT2D eigenvalue weighted by Gasteiger charge is 2.16. The van der Waals surface area contributed by atoms with Gasteiger partial charge < -0.3 is 16.8 Å². The van der Waals surface area contributed by atoms with Gasteiger partial charge in [0.25, 0.3) is 0 Å². The Hall–Kier alpha value is -1.15. The third-order valence-corrected chi connectivity index (χ3v) is 2.88. The molecule has 0 radical (unpaired) electrons. The molecule has 1 unspecified atom stereocenters. The second kappa shape index (κ2) is 5.97. The highest BCUT2D eigenvalue weighted by atomic mass is 127. The molecular formula is C11H14IN3O2. The molecule has 0 bridgehead atoms. The average Bonchev–Trinajstić information content (AvgIpc) is 2.21. The molecule has 5 nitrogen and oxygen atoms in total. The van der Waals surface area contributed by atoms with Crippen molar-refractivity contribution in [2.45, 2.75) is 19.4 Å². The van der Waals surface area contributed by atoms with Crippen LogP contribution in [-0.4, -0.2) is 17.9 Å². The highest BCUT2D eigenvalue weighted by Crippen LogP contribution is 2.17. The first-order valence-electron chi connectivity index (χ1n) is 5.01. The van der Waals surface area contributed by atoms with E-state index in [0.29, 0.717) is 5.69 Å². The van der Waals surface area contributed by atoms with Crippen LogP contribution < -0.4 is 16.8 Å². The SMILES string of the molecule is Cc1cc(I)ccc1NC(=O)C(N)CC(N)=O. The topological polar surface area (TPSA) is 98.2 Å². The van der Waals surface area contributed by atoms with Gasteiger partial charge in [0.15, 0.2) is 0 Å². The van der Waals surface area contributed by atoms with E-state index in [-0.39, 0.29) is 6.42 Å². The van der Waals surface area contributed by atoms with Gasteiger partial charge in [-0.1, -0.05) is 0 Å². The number of nitrogens with one attached hydrogen (secondary N) is 1. The van der Waals surface area contributed by atoms with Crippen LogP contribution in [0.15, 0.2) is 18.2 Å². The first-order valence-corrected chi connectivity index (χ1v) is 6.09. The zero-order valence-electron chi connectivity index (χ0n) is 9.37. The first-order chi connectivity index (χ1) is 7.90. The smallest absolute Gasteiger partial charge is 0.241 e. The molecule has 92 valence electrons. The van der Waals surface area contributed by atoms with E-state index in [1.54, 1.807) is 6.07 Å². The molecule has 0 aliphatic heterocycles. The predicted octanol–water partition coefficient (Wildman–Crippen LogP) is 0.741. The van der Waals surface area contributed by atoms with Gasteiger partial charge in [-0.15, -0.1) is 0 Å². The summed E-state index contributed by atoms with van der Waals surface area (Å²) in [5, 5.41) is 2.67. The number of amides is 2. The Morgan fingerprint density at radius 1 is 1.47 bits per heavy atom. The summed E-state index contributed by atoms with van der Waals surface area (Å²) in [4.78, 5) is 22.3. The molecule has 2 amide bonds. The monoisotopic (exact) mass is 347 g/mol. The van der Waals surface area contributed by atoms with Crippen molar-refractivity contribution in [1.82, 2.24) is 0 Å². The summed E-state index contributed by atoms with van der Waals surface area (Å²) in [5.74, 6) is -1.000. The minimum absolute atomic E-state index is 0.157. The van der Waals surface area contributed by atoms with Gasteiger partial charge in [-0.25, -0.2) is 0 Å². The highest BCUT2D eigenvalue weighted by molar-refractivity contribution is 14.1. The number of halogens is 1. The molecule has 1 aromatic rings. The molecule has 0 saturated carbocycles. The third-order valence-electron chi connectivity index (χ3n) is 2.20. The lowest BCUT2D eigenvalue weighted by molar-refractivity contribution is -0.123. The number of benzene rings is 1. The van der Waals surface area contributed by atoms with E-state index in [4.69, 9.17) is 11.5 Å². The van der Waals surface area contributed by atoms with Gasteiger partial charge >= 0.3 is 0 Å². The zero-order valence-corrected chi connectivity index (χ0v) is 11.5. The van der Waals surface area contributed by atoms with Gasteiger partial charge in [-0.05, 0) is 53.3 Å². The second-order valence-corrected chi connectivity index (χ2v) is 4.97. The number of hydrogen-bond donors (Lipinski definition) is 3. The Bertz CT molecular complexity index is 448. The molecule has 6 heteroatoms. The van der Waals surface area contributed by atoms with Gasteiger partial charge in [0.2, 0.25) is 11.8 Å². The average molecular weight is 347 g/mol. The lowest BCUT2D eigenvalue weighted by Gasteiger charge is -2.12. The number of aryl methyl sites for hydroxylation is 1. The van der Waals surface area contributed by atoms with Crippen LogP contribution >= 0.6 is 22.6 Å². The Labute approximate surface area is 113 Å². The first kappa shape index (κ1) is 13.9. The number of carbonyl (C=O) groups is 2. The van der Waals surface area contributed by atoms with Crippen molar-refractivity contribution in [2.75, 3.05) is 5.32 Å². The van der Waals surface area contributed by atoms with E-state index < -0.39 is 17.9 Å². The van der Waals surface area contributed by atoms with Crippen molar-refractivity contribution >= 4 is 40.1 Å². The Morgan fingerprint density at radius 2 is 2.12 bits per heavy atom. The summed E-state index contributed by atoms with van der Waals surface area (Å²) in [5.41, 5.74) is 12.1. The van der Waals surface area contributed by atoms with Gasteiger partial charge in [-0.3, -0.25) is 9.59 Å². The van der Waals surface area contributed by atoms with Crippen molar-refractivity contribution in [3.05, 3.63) is 27.3 Å². The number of rotatable bonds is 4. The van der Waals surface area contributed by atoms with Gasteiger partial charge in [0.1, 0.15) is 0 Å². The fraction of sp³-hybridized carbons (Fsp3) is 0.273. The molecule has 0 aliphatic rings. The molecule has 17 heavy (non-hydrogen) atoms. The molecule has 0 aliphatic carbocycles. The second-order valence-electron chi connectivity index (χ2n) is 3.73. The Balaban J connectivity index is 2.71. The largest absolute Gasteiger partial charge is 0.370 e. The van der Waals surface area contributed by atoms with E-state index in [2.05, 4.69) is 27.9 Å². The molecule has 0 heterocycles. The maximum atomic E-state index is 11.6. The lowest BCUT2D eigenvalue weighted by Crippen LogP contribution is -2.39. The Morgan fingerprint density at radius 3 is 2.65 bits per heavy atom. The summed E-state index contributed by atoms with van der Waals surface area (Å²) in [6, 6.07) is 4.70. The van der Waals surface area contributed by atoms with Gasteiger partial charge in [0.05, 0.1) is 12.5 Å². The standard InChI is InChI=1S/C11H14IN3O2/c1-6-4-7(12)2-3-9(6)15-11(17)8(13)5-10(14)16/h2-4,8H,5,13H2,1H3,(H2,14,16)(H,15,17). The van der Waals surface area contributed by atoms with Crippen LogP contribution in [0.25, 0.3) is 0 Å². The molecular weight excluding hydrogens is 333 g/mol. The van der Waals surface area contributed by atoms with Crippen molar-refractivity contribution in [1.29, 1.82) is 0 Å². The van der Waals surface area contributed by atoms with Crippen LogP contribution in [0.1, 0.15) is 12.0 Å². The molecule has 1 aromatic carbocycles.